The topological polar surface area (TPSA) is 49.3 Å². The van der Waals surface area contributed by atoms with Crippen LogP contribution in [0.5, 0.6) is 0 Å². The normalized spacial score (nSPS) is 32.9. The van der Waals surface area contributed by atoms with Crippen LogP contribution in [0.2, 0.25) is 0 Å². The van der Waals surface area contributed by atoms with Gasteiger partial charge in [0, 0.05) is 6.54 Å². The molecule has 0 amide bonds. The third-order valence-corrected chi connectivity index (χ3v) is 3.64. The fourth-order valence-electron chi connectivity index (χ4n) is 3.48. The molecule has 1 aliphatic rings. The van der Waals surface area contributed by atoms with E-state index < -0.39 is 5.97 Å². The highest BCUT2D eigenvalue weighted by molar-refractivity contribution is 5.85. The van der Waals surface area contributed by atoms with E-state index >= 15 is 0 Å². The van der Waals surface area contributed by atoms with Gasteiger partial charge >= 0.3 is 5.97 Å². The Morgan fingerprint density at radius 1 is 1.35 bits per heavy atom. The van der Waals surface area contributed by atoms with E-state index in [1.54, 1.807) is 0 Å². The summed E-state index contributed by atoms with van der Waals surface area (Å²) in [6.07, 6.45) is 3.66. The first-order valence-electron chi connectivity index (χ1n) is 6.40. The zero-order valence-corrected chi connectivity index (χ0v) is 12.0. The van der Waals surface area contributed by atoms with Gasteiger partial charge in [0.05, 0.1) is 6.42 Å². The van der Waals surface area contributed by atoms with Gasteiger partial charge in [0.1, 0.15) is 0 Å². The maximum atomic E-state index is 11.0. The average molecular weight is 264 g/mol. The van der Waals surface area contributed by atoms with E-state index in [9.17, 15) is 4.79 Å². The first-order chi connectivity index (χ1) is 7.47. The van der Waals surface area contributed by atoms with Gasteiger partial charge in [-0.15, -0.1) is 12.4 Å². The lowest BCUT2D eigenvalue weighted by molar-refractivity contribution is -0.140. The van der Waals surface area contributed by atoms with E-state index in [0.717, 1.165) is 25.9 Å². The van der Waals surface area contributed by atoms with Crippen LogP contribution in [-0.2, 0) is 4.79 Å². The predicted octanol–water partition coefficient (Wildman–Crippen LogP) is 2.93. The predicted molar refractivity (Wildman–Crippen MR) is 72.7 cm³/mol. The molecule has 0 saturated heterocycles. The van der Waals surface area contributed by atoms with Gasteiger partial charge in [-0.2, -0.15) is 0 Å². The molecule has 0 spiro atoms. The fourth-order valence-corrected chi connectivity index (χ4v) is 3.48. The second-order valence-electron chi connectivity index (χ2n) is 5.71. The number of carboxylic acids is 1. The van der Waals surface area contributed by atoms with Gasteiger partial charge in [-0.1, -0.05) is 20.8 Å². The van der Waals surface area contributed by atoms with Crippen LogP contribution in [0.3, 0.4) is 0 Å². The number of halogens is 1. The first-order valence-corrected chi connectivity index (χ1v) is 6.40. The highest BCUT2D eigenvalue weighted by Crippen LogP contribution is 2.44. The van der Waals surface area contributed by atoms with Crippen molar-refractivity contribution in [3.8, 4) is 0 Å². The monoisotopic (exact) mass is 263 g/mol. The molecule has 2 N–H and O–H groups in total. The molecule has 3 atom stereocenters. The van der Waals surface area contributed by atoms with E-state index in [1.165, 1.54) is 6.42 Å². The first kappa shape index (κ1) is 16.7. The summed E-state index contributed by atoms with van der Waals surface area (Å²) in [6.45, 7) is 8.34. The molecular weight excluding hydrogens is 238 g/mol. The number of aliphatic carboxylic acids is 1. The summed E-state index contributed by atoms with van der Waals surface area (Å²) in [5, 5.41) is 12.4. The Hall–Kier alpha value is -0.280. The maximum Gasteiger partial charge on any atom is 0.303 e. The molecule has 3 nitrogen and oxygen atoms in total. The summed E-state index contributed by atoms with van der Waals surface area (Å²) in [7, 11) is 0. The minimum Gasteiger partial charge on any atom is -0.481 e. The van der Waals surface area contributed by atoms with Gasteiger partial charge in [0.15, 0.2) is 0 Å². The highest BCUT2D eigenvalue weighted by Gasteiger charge is 2.39. The minimum atomic E-state index is -0.654. The molecule has 1 rings (SSSR count). The molecule has 1 unspecified atom stereocenters. The summed E-state index contributed by atoms with van der Waals surface area (Å²) >= 11 is 0. The fraction of sp³-hybridized carbons (Fsp3) is 0.923. The van der Waals surface area contributed by atoms with Crippen LogP contribution in [0.4, 0.5) is 0 Å². The van der Waals surface area contributed by atoms with Crippen LogP contribution in [-0.4, -0.2) is 24.2 Å². The largest absolute Gasteiger partial charge is 0.481 e. The van der Waals surface area contributed by atoms with Crippen LogP contribution in [0, 0.1) is 17.3 Å². The van der Waals surface area contributed by atoms with Gasteiger partial charge in [0.25, 0.3) is 0 Å². The van der Waals surface area contributed by atoms with Gasteiger partial charge in [-0.25, -0.2) is 0 Å². The lowest BCUT2D eigenvalue weighted by Gasteiger charge is -2.42. The van der Waals surface area contributed by atoms with E-state index in [1.807, 2.05) is 0 Å². The highest BCUT2D eigenvalue weighted by atomic mass is 35.5. The lowest BCUT2D eigenvalue weighted by atomic mass is 9.64. The van der Waals surface area contributed by atoms with Crippen LogP contribution < -0.4 is 5.32 Å². The molecule has 0 aromatic rings. The molecule has 0 radical (unpaired) electrons. The van der Waals surface area contributed by atoms with E-state index in [0.29, 0.717) is 18.3 Å². The lowest BCUT2D eigenvalue weighted by Crippen LogP contribution is -2.41. The Morgan fingerprint density at radius 3 is 2.29 bits per heavy atom. The standard InChI is InChI=1S/C13H25NO2.ClH/c1-4-14-9-13(8-12(15)16)6-10(2)5-11(3)7-13;/h10-11,14H,4-9H2,1-3H3,(H,15,16);1H/t10-,11+,13?;. The zero-order chi connectivity index (χ0) is 12.2. The number of nitrogens with one attached hydrogen (secondary N) is 1. The minimum absolute atomic E-state index is 0. The molecule has 1 saturated carbocycles. The molecule has 0 bridgehead atoms. The van der Waals surface area contributed by atoms with E-state index in [-0.39, 0.29) is 17.8 Å². The van der Waals surface area contributed by atoms with Crippen molar-refractivity contribution >= 4 is 18.4 Å². The van der Waals surface area contributed by atoms with Crippen molar-refractivity contribution in [3.63, 3.8) is 0 Å². The van der Waals surface area contributed by atoms with Gasteiger partial charge < -0.3 is 10.4 Å². The van der Waals surface area contributed by atoms with Crippen molar-refractivity contribution in [2.75, 3.05) is 13.1 Å². The summed E-state index contributed by atoms with van der Waals surface area (Å²) in [5.74, 6) is 0.655. The third kappa shape index (κ3) is 5.26. The van der Waals surface area contributed by atoms with E-state index in [4.69, 9.17) is 5.11 Å². The molecule has 1 aliphatic carbocycles. The average Bonchev–Trinajstić information content (AvgIpc) is 2.11. The molecule has 0 aromatic heterocycles. The molecule has 0 aliphatic heterocycles. The Bertz CT molecular complexity index is 236. The Morgan fingerprint density at radius 2 is 1.88 bits per heavy atom. The molecular formula is C13H26ClNO2. The second-order valence-corrected chi connectivity index (χ2v) is 5.71. The molecule has 0 aromatic carbocycles. The van der Waals surface area contributed by atoms with Crippen molar-refractivity contribution in [2.45, 2.75) is 46.5 Å². The van der Waals surface area contributed by atoms with Gasteiger partial charge in [-0.05, 0) is 43.1 Å². The van der Waals surface area contributed by atoms with Crippen molar-refractivity contribution in [1.29, 1.82) is 0 Å². The molecule has 102 valence electrons. The zero-order valence-electron chi connectivity index (χ0n) is 11.2. The molecule has 1 fully saturated rings. The quantitative estimate of drug-likeness (QED) is 0.802. The second kappa shape index (κ2) is 7.22. The van der Waals surface area contributed by atoms with Crippen molar-refractivity contribution < 1.29 is 9.90 Å². The van der Waals surface area contributed by atoms with Crippen molar-refractivity contribution in [3.05, 3.63) is 0 Å². The number of hydrogen-bond acceptors (Lipinski definition) is 2. The summed E-state index contributed by atoms with van der Waals surface area (Å²) in [6, 6.07) is 0. The van der Waals surface area contributed by atoms with E-state index in [2.05, 4.69) is 26.1 Å². The number of rotatable bonds is 5. The van der Waals surface area contributed by atoms with Gasteiger partial charge in [0.2, 0.25) is 0 Å². The Labute approximate surface area is 111 Å². The van der Waals surface area contributed by atoms with Crippen LogP contribution in [0.25, 0.3) is 0 Å². The van der Waals surface area contributed by atoms with Crippen LogP contribution >= 0.6 is 12.4 Å². The molecule has 4 heteroatoms. The van der Waals surface area contributed by atoms with Crippen LogP contribution in [0.15, 0.2) is 0 Å². The molecule has 0 heterocycles. The summed E-state index contributed by atoms with van der Waals surface area (Å²) in [4.78, 5) is 11.0. The van der Waals surface area contributed by atoms with Crippen LogP contribution in [0.1, 0.15) is 46.5 Å². The third-order valence-electron chi connectivity index (χ3n) is 3.64. The number of hydrogen-bond donors (Lipinski definition) is 2. The Kier molecular flexibility index (Phi) is 7.10. The summed E-state index contributed by atoms with van der Waals surface area (Å²) < 4.78 is 0. The number of carbonyl (C=O) groups is 1. The maximum absolute atomic E-state index is 11.0. The Balaban J connectivity index is 0.00000256. The SMILES string of the molecule is CCNCC1(CC(=O)O)C[C@H](C)C[C@H](C)C1.Cl. The van der Waals surface area contributed by atoms with Crippen molar-refractivity contribution in [1.82, 2.24) is 5.32 Å². The van der Waals surface area contributed by atoms with Crippen molar-refractivity contribution in [2.24, 2.45) is 17.3 Å². The number of carboxylic acid groups (broad SMARTS) is 1. The summed E-state index contributed by atoms with van der Waals surface area (Å²) in [5.41, 5.74) is -0.0150. The smallest absolute Gasteiger partial charge is 0.303 e. The van der Waals surface area contributed by atoms with Gasteiger partial charge in [-0.3, -0.25) is 4.79 Å². The molecule has 17 heavy (non-hydrogen) atoms.